The maximum absolute atomic E-state index is 6.23. The van der Waals surface area contributed by atoms with Gasteiger partial charge in [0.25, 0.3) is 0 Å². The smallest absolute Gasteiger partial charge is 0.204 e. The molecule has 23 heavy (non-hydrogen) atoms. The molecule has 0 saturated carbocycles. The largest absolute Gasteiger partial charge is 0.324 e. The number of aryl methyl sites for hydroxylation is 2. The summed E-state index contributed by atoms with van der Waals surface area (Å²) in [5.74, 6) is 0.628. The molecule has 1 atom stereocenters. The lowest BCUT2D eigenvalue weighted by atomic mass is 9.89. The van der Waals surface area contributed by atoms with Crippen LogP contribution in [0.25, 0.3) is 22.5 Å². The predicted molar refractivity (Wildman–Crippen MR) is 89.8 cm³/mol. The fraction of sp³-hybridized carbons (Fsp3) is 0.278. The van der Waals surface area contributed by atoms with Gasteiger partial charge in [-0.25, -0.2) is 0 Å². The van der Waals surface area contributed by atoms with Crippen molar-refractivity contribution in [1.29, 1.82) is 0 Å². The third kappa shape index (κ3) is 2.24. The monoisotopic (exact) mass is 305 g/mol. The molecule has 3 N–H and O–H groups in total. The molecule has 116 valence electrons. The molecule has 1 aromatic heterocycles. The number of fused-ring (bicyclic) bond motifs is 1. The van der Waals surface area contributed by atoms with Gasteiger partial charge in [0.1, 0.15) is 0 Å². The molecule has 0 spiro atoms. The Bertz CT molecular complexity index is 844. The molecule has 0 amide bonds. The molecule has 2 aromatic carbocycles. The number of benzene rings is 2. The summed E-state index contributed by atoms with van der Waals surface area (Å²) in [6.45, 7) is 4.28. The van der Waals surface area contributed by atoms with E-state index in [0.29, 0.717) is 5.82 Å². The fourth-order valence-electron chi connectivity index (χ4n) is 3.72. The van der Waals surface area contributed by atoms with Crippen molar-refractivity contribution < 1.29 is 0 Å². The van der Waals surface area contributed by atoms with E-state index in [2.05, 4.69) is 64.8 Å². The van der Waals surface area contributed by atoms with Crippen molar-refractivity contribution in [3.05, 3.63) is 52.6 Å². The summed E-state index contributed by atoms with van der Waals surface area (Å²) in [4.78, 5) is 0. The normalized spacial score (nSPS) is 16.6. The molecule has 0 saturated heterocycles. The Balaban J connectivity index is 1.88. The Morgan fingerprint density at radius 1 is 1.17 bits per heavy atom. The van der Waals surface area contributed by atoms with E-state index < -0.39 is 0 Å². The summed E-state index contributed by atoms with van der Waals surface area (Å²) < 4.78 is 0. The first-order valence-electron chi connectivity index (χ1n) is 7.88. The Hall–Kier alpha value is -2.53. The van der Waals surface area contributed by atoms with Crippen LogP contribution in [0, 0.1) is 13.8 Å². The quantitative estimate of drug-likeness (QED) is 0.762. The minimum atomic E-state index is 0.171. The van der Waals surface area contributed by atoms with Gasteiger partial charge in [0, 0.05) is 11.6 Å². The molecule has 1 heterocycles. The van der Waals surface area contributed by atoms with Crippen LogP contribution in [0.4, 0.5) is 0 Å². The minimum Gasteiger partial charge on any atom is -0.324 e. The molecule has 5 heteroatoms. The number of nitrogens with two attached hydrogens (primary N) is 1. The molecule has 3 aromatic rings. The van der Waals surface area contributed by atoms with Gasteiger partial charge in [-0.1, -0.05) is 18.2 Å². The first-order valence-corrected chi connectivity index (χ1v) is 7.88. The second-order valence-corrected chi connectivity index (χ2v) is 6.24. The van der Waals surface area contributed by atoms with Crippen molar-refractivity contribution in [3.8, 4) is 22.5 Å². The molecule has 1 aliphatic rings. The van der Waals surface area contributed by atoms with Crippen LogP contribution in [0.15, 0.2) is 30.3 Å². The summed E-state index contributed by atoms with van der Waals surface area (Å²) in [6, 6.07) is 10.9. The zero-order valence-corrected chi connectivity index (χ0v) is 13.3. The second-order valence-electron chi connectivity index (χ2n) is 6.24. The van der Waals surface area contributed by atoms with E-state index in [1.54, 1.807) is 0 Å². The molecule has 0 aliphatic heterocycles. The van der Waals surface area contributed by atoms with E-state index >= 15 is 0 Å². The van der Waals surface area contributed by atoms with E-state index in [-0.39, 0.29) is 6.04 Å². The van der Waals surface area contributed by atoms with Gasteiger partial charge in [0.15, 0.2) is 0 Å². The minimum absolute atomic E-state index is 0.171. The highest BCUT2D eigenvalue weighted by Crippen LogP contribution is 2.39. The number of aromatic nitrogens is 4. The van der Waals surface area contributed by atoms with Crippen LogP contribution in [-0.4, -0.2) is 20.6 Å². The topological polar surface area (TPSA) is 80.5 Å². The van der Waals surface area contributed by atoms with Crippen molar-refractivity contribution in [2.75, 3.05) is 0 Å². The fourth-order valence-corrected chi connectivity index (χ4v) is 3.72. The Morgan fingerprint density at radius 2 is 1.96 bits per heavy atom. The number of hydrogen-bond acceptors (Lipinski definition) is 4. The van der Waals surface area contributed by atoms with Crippen LogP contribution in [0.5, 0.6) is 0 Å². The predicted octanol–water partition coefficient (Wildman–Crippen LogP) is 3.10. The van der Waals surface area contributed by atoms with Gasteiger partial charge >= 0.3 is 0 Å². The molecule has 4 rings (SSSR count). The van der Waals surface area contributed by atoms with Gasteiger partial charge in [-0.3, -0.25) is 0 Å². The summed E-state index contributed by atoms with van der Waals surface area (Å²) in [5.41, 5.74) is 15.0. The molecule has 1 aliphatic carbocycles. The van der Waals surface area contributed by atoms with E-state index in [1.807, 2.05) is 0 Å². The molecular weight excluding hydrogens is 286 g/mol. The number of hydrogen-bond donors (Lipinski definition) is 2. The molecule has 0 bridgehead atoms. The number of nitrogens with zero attached hydrogens (tertiary/aromatic N) is 3. The standard InChI is InChI=1S/C18H19N5/c1-10-8-12(18-20-22-23-21-18)9-11(2)17(10)15-5-3-4-14-13(15)6-7-16(14)19/h3-5,8-9,16H,6-7,19H2,1-2H3,(H,20,21,22,23)/t16-/m1/s1. The number of aromatic amines is 1. The average molecular weight is 305 g/mol. The van der Waals surface area contributed by atoms with Gasteiger partial charge in [-0.2, -0.15) is 5.21 Å². The summed E-state index contributed by atoms with van der Waals surface area (Å²) in [7, 11) is 0. The molecule has 0 unspecified atom stereocenters. The van der Waals surface area contributed by atoms with Crippen LogP contribution < -0.4 is 5.73 Å². The van der Waals surface area contributed by atoms with Crippen molar-refractivity contribution in [3.63, 3.8) is 0 Å². The molecule has 5 nitrogen and oxygen atoms in total. The van der Waals surface area contributed by atoms with Crippen LogP contribution in [0.3, 0.4) is 0 Å². The Labute approximate surface area is 134 Å². The van der Waals surface area contributed by atoms with Gasteiger partial charge in [0.05, 0.1) is 0 Å². The Kier molecular flexibility index (Phi) is 3.23. The van der Waals surface area contributed by atoms with Crippen molar-refractivity contribution in [2.45, 2.75) is 32.7 Å². The average Bonchev–Trinajstić information content (AvgIpc) is 3.17. The summed E-state index contributed by atoms with van der Waals surface area (Å²) in [6.07, 6.45) is 2.09. The van der Waals surface area contributed by atoms with E-state index in [9.17, 15) is 0 Å². The first-order chi connectivity index (χ1) is 11.1. The zero-order chi connectivity index (χ0) is 16.0. The Morgan fingerprint density at radius 3 is 2.65 bits per heavy atom. The lowest BCUT2D eigenvalue weighted by Crippen LogP contribution is -2.05. The molecule has 0 radical (unpaired) electrons. The first kappa shape index (κ1) is 14.1. The maximum atomic E-state index is 6.23. The van der Waals surface area contributed by atoms with Crippen molar-refractivity contribution in [2.24, 2.45) is 5.73 Å². The van der Waals surface area contributed by atoms with E-state index in [0.717, 1.165) is 18.4 Å². The number of tetrazole rings is 1. The lowest BCUT2D eigenvalue weighted by Gasteiger charge is -2.16. The van der Waals surface area contributed by atoms with Gasteiger partial charge in [-0.15, -0.1) is 10.2 Å². The van der Waals surface area contributed by atoms with Gasteiger partial charge < -0.3 is 5.73 Å². The second kappa shape index (κ2) is 5.28. The van der Waals surface area contributed by atoms with Crippen LogP contribution in [0.1, 0.15) is 34.7 Å². The van der Waals surface area contributed by atoms with Crippen LogP contribution in [0.2, 0.25) is 0 Å². The van der Waals surface area contributed by atoms with Gasteiger partial charge in [0.2, 0.25) is 5.82 Å². The summed E-state index contributed by atoms with van der Waals surface area (Å²) in [5, 5.41) is 14.3. The maximum Gasteiger partial charge on any atom is 0.204 e. The highest BCUT2D eigenvalue weighted by Gasteiger charge is 2.23. The third-order valence-electron chi connectivity index (χ3n) is 4.72. The van der Waals surface area contributed by atoms with Crippen molar-refractivity contribution >= 4 is 0 Å². The highest BCUT2D eigenvalue weighted by molar-refractivity contribution is 5.78. The van der Waals surface area contributed by atoms with Crippen LogP contribution >= 0.6 is 0 Å². The number of H-pyrrole nitrogens is 1. The van der Waals surface area contributed by atoms with Gasteiger partial charge in [-0.05, 0) is 77.4 Å². The lowest BCUT2D eigenvalue weighted by molar-refractivity contribution is 0.713. The number of rotatable bonds is 2. The third-order valence-corrected chi connectivity index (χ3v) is 4.72. The number of nitrogens with one attached hydrogen (secondary N) is 1. The van der Waals surface area contributed by atoms with E-state index in [4.69, 9.17) is 5.73 Å². The zero-order valence-electron chi connectivity index (χ0n) is 13.3. The van der Waals surface area contributed by atoms with Crippen LogP contribution in [-0.2, 0) is 6.42 Å². The highest BCUT2D eigenvalue weighted by atomic mass is 15.5. The summed E-state index contributed by atoms with van der Waals surface area (Å²) >= 11 is 0. The van der Waals surface area contributed by atoms with E-state index in [1.165, 1.54) is 33.4 Å². The molecule has 0 fully saturated rings. The SMILES string of the molecule is Cc1cc(-c2nn[nH]n2)cc(C)c1-c1cccc2c1CC[C@H]2N. The molecular formula is C18H19N5. The van der Waals surface area contributed by atoms with Crippen molar-refractivity contribution in [1.82, 2.24) is 20.6 Å².